The van der Waals surface area contributed by atoms with Gasteiger partial charge in [0, 0.05) is 19.0 Å². The van der Waals surface area contributed by atoms with Crippen LogP contribution in [0.25, 0.3) is 0 Å². The van der Waals surface area contributed by atoms with Gasteiger partial charge in [-0.1, -0.05) is 37.5 Å². The Hall–Kier alpha value is -2.12. The van der Waals surface area contributed by atoms with Crippen LogP contribution in [-0.2, 0) is 9.53 Å². The predicted octanol–water partition coefficient (Wildman–Crippen LogP) is 4.00. The van der Waals surface area contributed by atoms with Crippen molar-refractivity contribution >= 4 is 12.1 Å². The van der Waals surface area contributed by atoms with Crippen molar-refractivity contribution in [3.05, 3.63) is 30.3 Å². The van der Waals surface area contributed by atoms with E-state index in [1.165, 1.54) is 7.11 Å². The van der Waals surface area contributed by atoms with Gasteiger partial charge in [0.15, 0.2) is 0 Å². The zero-order chi connectivity index (χ0) is 23.9. The number of carbonyl (C=O) groups is 2. The molecule has 7 heteroatoms. The fourth-order valence-electron chi connectivity index (χ4n) is 6.04. The number of nitrogens with zero attached hydrogens (tertiary/aromatic N) is 1. The van der Waals surface area contributed by atoms with E-state index in [0.29, 0.717) is 18.7 Å². The highest BCUT2D eigenvalue weighted by molar-refractivity contribution is 5.73. The summed E-state index contributed by atoms with van der Waals surface area (Å²) in [5.74, 6) is 0.504. The van der Waals surface area contributed by atoms with E-state index in [1.807, 2.05) is 18.2 Å². The van der Waals surface area contributed by atoms with E-state index in [-0.39, 0.29) is 24.2 Å². The van der Waals surface area contributed by atoms with E-state index >= 15 is 0 Å². The summed E-state index contributed by atoms with van der Waals surface area (Å²) < 4.78 is 10.4. The van der Waals surface area contributed by atoms with Crippen molar-refractivity contribution in [2.24, 2.45) is 17.3 Å². The Labute approximate surface area is 197 Å². The number of hydrogen-bond acceptors (Lipinski definition) is 6. The minimum atomic E-state index is -0.747. The van der Waals surface area contributed by atoms with Crippen LogP contribution < -0.4 is 10.1 Å². The largest absolute Gasteiger partial charge is 0.453 e. The number of hydrogen-bond donors (Lipinski definition) is 2. The molecule has 7 nitrogen and oxygen atoms in total. The van der Waals surface area contributed by atoms with Gasteiger partial charge in [-0.25, -0.2) is 4.79 Å². The number of alkyl carbamates (subject to hydrolysis) is 1. The molecule has 2 fully saturated rings. The summed E-state index contributed by atoms with van der Waals surface area (Å²) in [6.45, 7) is 1.19. The van der Waals surface area contributed by atoms with Gasteiger partial charge in [-0.05, 0) is 69.7 Å². The Morgan fingerprint density at radius 3 is 2.58 bits per heavy atom. The van der Waals surface area contributed by atoms with Gasteiger partial charge in [0.05, 0.1) is 19.1 Å². The monoisotopic (exact) mass is 460 g/mol. The quantitative estimate of drug-likeness (QED) is 0.450. The van der Waals surface area contributed by atoms with Gasteiger partial charge < -0.3 is 24.8 Å². The standard InChI is InChI=1S/C26H40N2O5/c1-28(2)18-21-10-7-8-15-26(21,31)20-11-9-14-25(16-20,19-27-24(30)32-3)17-23(29)33-22-12-5-4-6-13-22/h4-6,12-13,20-21,31H,7-11,14-19H2,1-3H3,(H,27,30). The number of benzene rings is 1. The molecule has 4 unspecified atom stereocenters. The van der Waals surface area contributed by atoms with Crippen LogP contribution in [-0.4, -0.2) is 62.0 Å². The van der Waals surface area contributed by atoms with Crippen LogP contribution in [0.3, 0.4) is 0 Å². The van der Waals surface area contributed by atoms with Gasteiger partial charge in [-0.15, -0.1) is 0 Å². The SMILES string of the molecule is COC(=O)NCC1(CC(=O)Oc2ccccc2)CCCC(C2(O)CCCCC2CN(C)C)C1. The fraction of sp³-hybridized carbons (Fsp3) is 0.692. The highest BCUT2D eigenvalue weighted by atomic mass is 16.5. The molecule has 1 aromatic carbocycles. The minimum absolute atomic E-state index is 0.0838. The number of ether oxygens (including phenoxy) is 2. The van der Waals surface area contributed by atoms with Crippen LogP contribution in [0, 0.1) is 17.3 Å². The second-order valence-electron chi connectivity index (χ2n) is 10.3. The lowest BCUT2D eigenvalue weighted by atomic mass is 9.58. The normalized spacial score (nSPS) is 30.0. The summed E-state index contributed by atoms with van der Waals surface area (Å²) in [5, 5.41) is 14.8. The van der Waals surface area contributed by atoms with Gasteiger partial charge in [0.1, 0.15) is 5.75 Å². The molecule has 184 valence electrons. The molecule has 0 bridgehead atoms. The van der Waals surface area contributed by atoms with E-state index in [2.05, 4.69) is 24.3 Å². The second kappa shape index (κ2) is 11.3. The smallest absolute Gasteiger partial charge is 0.406 e. The third kappa shape index (κ3) is 6.70. The van der Waals surface area contributed by atoms with Gasteiger partial charge in [-0.2, -0.15) is 0 Å². The highest BCUT2D eigenvalue weighted by Gasteiger charge is 2.50. The number of rotatable bonds is 8. The molecular formula is C26H40N2O5. The average Bonchev–Trinajstić information content (AvgIpc) is 2.79. The number of methoxy groups -OCH3 is 1. The molecule has 2 saturated carbocycles. The Morgan fingerprint density at radius 1 is 1.12 bits per heavy atom. The number of carbonyl (C=O) groups excluding carboxylic acids is 2. The minimum Gasteiger partial charge on any atom is -0.453 e. The maximum absolute atomic E-state index is 12.9. The maximum atomic E-state index is 12.9. The first-order valence-electron chi connectivity index (χ1n) is 12.2. The van der Waals surface area contributed by atoms with E-state index < -0.39 is 17.1 Å². The molecule has 2 N–H and O–H groups in total. The lowest BCUT2D eigenvalue weighted by Gasteiger charge is -2.51. The molecule has 3 rings (SSSR count). The number of para-hydroxylation sites is 1. The van der Waals surface area contributed by atoms with E-state index in [0.717, 1.165) is 51.5 Å². The van der Waals surface area contributed by atoms with Crippen molar-refractivity contribution in [3.8, 4) is 5.75 Å². The van der Waals surface area contributed by atoms with Crippen LogP contribution in [0.4, 0.5) is 4.79 Å². The molecule has 2 aliphatic carbocycles. The average molecular weight is 461 g/mol. The van der Waals surface area contributed by atoms with Crippen molar-refractivity contribution in [1.82, 2.24) is 10.2 Å². The van der Waals surface area contributed by atoms with Crippen molar-refractivity contribution in [3.63, 3.8) is 0 Å². The first-order valence-corrected chi connectivity index (χ1v) is 12.2. The van der Waals surface area contributed by atoms with Crippen LogP contribution in [0.2, 0.25) is 0 Å². The molecule has 0 heterocycles. The molecule has 1 aromatic rings. The molecule has 33 heavy (non-hydrogen) atoms. The van der Waals surface area contributed by atoms with Gasteiger partial charge >= 0.3 is 12.1 Å². The molecule has 0 spiro atoms. The van der Waals surface area contributed by atoms with Crippen LogP contribution in [0.1, 0.15) is 57.8 Å². The van der Waals surface area contributed by atoms with Crippen LogP contribution in [0.5, 0.6) is 5.75 Å². The second-order valence-corrected chi connectivity index (χ2v) is 10.3. The summed E-state index contributed by atoms with van der Waals surface area (Å²) in [7, 11) is 5.45. The molecule has 1 amide bonds. The summed E-state index contributed by atoms with van der Waals surface area (Å²) in [6.07, 6.45) is 7.00. The topological polar surface area (TPSA) is 88.1 Å². The lowest BCUT2D eigenvalue weighted by molar-refractivity contribution is -0.143. The van der Waals surface area contributed by atoms with E-state index in [1.54, 1.807) is 12.1 Å². The highest BCUT2D eigenvalue weighted by Crippen LogP contribution is 2.51. The van der Waals surface area contributed by atoms with Crippen molar-refractivity contribution in [2.45, 2.75) is 63.4 Å². The maximum Gasteiger partial charge on any atom is 0.406 e. The Balaban J connectivity index is 1.79. The molecule has 0 saturated heterocycles. The number of esters is 1. The summed E-state index contributed by atoms with van der Waals surface area (Å²) in [4.78, 5) is 27.0. The summed E-state index contributed by atoms with van der Waals surface area (Å²) >= 11 is 0. The number of aliphatic hydroxyl groups is 1. The zero-order valence-electron chi connectivity index (χ0n) is 20.3. The summed E-state index contributed by atoms with van der Waals surface area (Å²) in [5.41, 5.74) is -1.22. The van der Waals surface area contributed by atoms with Gasteiger partial charge in [0.25, 0.3) is 0 Å². The van der Waals surface area contributed by atoms with Crippen molar-refractivity contribution < 1.29 is 24.2 Å². The van der Waals surface area contributed by atoms with Crippen LogP contribution in [0.15, 0.2) is 30.3 Å². The van der Waals surface area contributed by atoms with Crippen LogP contribution >= 0.6 is 0 Å². The number of nitrogens with one attached hydrogen (secondary N) is 1. The van der Waals surface area contributed by atoms with Crippen molar-refractivity contribution in [1.29, 1.82) is 0 Å². The third-order valence-corrected chi connectivity index (χ3v) is 7.61. The Morgan fingerprint density at radius 2 is 1.88 bits per heavy atom. The zero-order valence-corrected chi connectivity index (χ0v) is 20.3. The third-order valence-electron chi connectivity index (χ3n) is 7.61. The molecule has 2 aliphatic rings. The van der Waals surface area contributed by atoms with E-state index in [4.69, 9.17) is 9.47 Å². The first-order chi connectivity index (χ1) is 15.8. The molecule has 0 radical (unpaired) electrons. The van der Waals surface area contributed by atoms with Gasteiger partial charge in [0.2, 0.25) is 0 Å². The first kappa shape index (κ1) is 25.5. The number of amides is 1. The molecular weight excluding hydrogens is 420 g/mol. The predicted molar refractivity (Wildman–Crippen MR) is 127 cm³/mol. The molecule has 4 atom stereocenters. The van der Waals surface area contributed by atoms with Gasteiger partial charge in [-0.3, -0.25) is 4.79 Å². The molecule has 0 aliphatic heterocycles. The van der Waals surface area contributed by atoms with Crippen molar-refractivity contribution in [2.75, 3.05) is 34.3 Å². The molecule has 0 aromatic heterocycles. The lowest BCUT2D eigenvalue weighted by Crippen LogP contribution is -2.54. The fourth-order valence-corrected chi connectivity index (χ4v) is 6.04. The Kier molecular flexibility index (Phi) is 8.76. The van der Waals surface area contributed by atoms with E-state index in [9.17, 15) is 14.7 Å². The Bertz CT molecular complexity index is 786. The summed E-state index contributed by atoms with van der Waals surface area (Å²) in [6, 6.07) is 9.06.